The van der Waals surface area contributed by atoms with E-state index in [1.165, 1.54) is 5.56 Å². The lowest BCUT2D eigenvalue weighted by Crippen LogP contribution is -2.06. The quantitative estimate of drug-likeness (QED) is 0.686. The molecule has 0 saturated carbocycles. The molecule has 70 valence electrons. The van der Waals surface area contributed by atoms with Crippen LogP contribution in [0.3, 0.4) is 0 Å². The molecule has 1 unspecified atom stereocenters. The second kappa shape index (κ2) is 4.60. The van der Waals surface area contributed by atoms with E-state index < -0.39 is 11.9 Å². The molecule has 1 rings (SSSR count). The maximum absolute atomic E-state index is 10.7. The molecule has 1 atom stereocenters. The molecule has 1 N–H and O–H groups in total. The van der Waals surface area contributed by atoms with E-state index in [0.717, 1.165) is 9.99 Å². The lowest BCUT2D eigenvalue weighted by molar-refractivity contribution is -0.138. The summed E-state index contributed by atoms with van der Waals surface area (Å²) >= 11 is 2.28. The van der Waals surface area contributed by atoms with Crippen LogP contribution in [-0.2, 0) is 9.22 Å². The number of benzene rings is 1. The molecular weight excluding hydrogens is 279 g/mol. The molecule has 0 aliphatic heterocycles. The fraction of sp³-hybridized carbons (Fsp3) is 0.300. The van der Waals surface area contributed by atoms with E-state index in [1.807, 2.05) is 24.3 Å². The van der Waals surface area contributed by atoms with Crippen LogP contribution in [0.5, 0.6) is 0 Å². The van der Waals surface area contributed by atoms with E-state index in [4.69, 9.17) is 5.11 Å². The molecular formula is C10H11IO2. The summed E-state index contributed by atoms with van der Waals surface area (Å²) in [6.45, 7) is 1.70. The van der Waals surface area contributed by atoms with Gasteiger partial charge in [0.25, 0.3) is 0 Å². The second-order valence-electron chi connectivity index (χ2n) is 2.94. The predicted octanol–water partition coefficient (Wildman–Crippen LogP) is 2.81. The highest BCUT2D eigenvalue weighted by atomic mass is 127. The number of hydrogen-bond donors (Lipinski definition) is 1. The summed E-state index contributed by atoms with van der Waals surface area (Å²) in [7, 11) is 0. The lowest BCUT2D eigenvalue weighted by Gasteiger charge is -2.06. The predicted molar refractivity (Wildman–Crippen MR) is 60.2 cm³/mol. The van der Waals surface area contributed by atoms with Crippen LogP contribution in [0.25, 0.3) is 0 Å². The van der Waals surface area contributed by atoms with Crippen LogP contribution in [0.15, 0.2) is 24.3 Å². The second-order valence-corrected chi connectivity index (χ2v) is 3.70. The molecule has 0 spiro atoms. The number of alkyl halides is 1. The Bertz CT molecular complexity index is 292. The minimum absolute atomic E-state index is 0.414. The van der Waals surface area contributed by atoms with Crippen LogP contribution in [0, 0.1) is 0 Å². The lowest BCUT2D eigenvalue weighted by atomic mass is 10.0. The van der Waals surface area contributed by atoms with Gasteiger partial charge in [0.1, 0.15) is 0 Å². The van der Waals surface area contributed by atoms with Crippen molar-refractivity contribution in [3.8, 4) is 0 Å². The van der Waals surface area contributed by atoms with Crippen LogP contribution < -0.4 is 0 Å². The maximum Gasteiger partial charge on any atom is 0.310 e. The van der Waals surface area contributed by atoms with Gasteiger partial charge in [0.05, 0.1) is 5.92 Å². The summed E-state index contributed by atoms with van der Waals surface area (Å²) in [6, 6.07) is 7.71. The van der Waals surface area contributed by atoms with Gasteiger partial charge < -0.3 is 5.11 Å². The van der Waals surface area contributed by atoms with Gasteiger partial charge in [-0.25, -0.2) is 0 Å². The summed E-state index contributed by atoms with van der Waals surface area (Å²) in [5.41, 5.74) is 2.09. The number of carboxylic acids is 1. The van der Waals surface area contributed by atoms with Gasteiger partial charge in [0.15, 0.2) is 0 Å². The van der Waals surface area contributed by atoms with E-state index in [-0.39, 0.29) is 0 Å². The minimum Gasteiger partial charge on any atom is -0.481 e. The SMILES string of the molecule is CC(C(=O)O)c1ccc(CI)cc1. The Balaban J connectivity index is 2.85. The zero-order valence-electron chi connectivity index (χ0n) is 7.33. The first-order chi connectivity index (χ1) is 6.15. The zero-order chi connectivity index (χ0) is 9.84. The number of rotatable bonds is 3. The highest BCUT2D eigenvalue weighted by molar-refractivity contribution is 14.1. The Morgan fingerprint density at radius 3 is 2.38 bits per heavy atom. The Kier molecular flexibility index (Phi) is 3.71. The molecule has 0 fully saturated rings. The molecule has 0 saturated heterocycles. The topological polar surface area (TPSA) is 37.3 Å². The standard InChI is InChI=1S/C10H11IO2/c1-7(10(12)13)9-4-2-8(6-11)3-5-9/h2-5,7H,6H2,1H3,(H,12,13). The van der Waals surface area contributed by atoms with Crippen molar-refractivity contribution in [3.63, 3.8) is 0 Å². The van der Waals surface area contributed by atoms with E-state index in [2.05, 4.69) is 22.6 Å². The molecule has 2 nitrogen and oxygen atoms in total. The van der Waals surface area contributed by atoms with Crippen molar-refractivity contribution < 1.29 is 9.90 Å². The van der Waals surface area contributed by atoms with Crippen LogP contribution in [0.1, 0.15) is 24.0 Å². The number of aliphatic carboxylic acids is 1. The molecule has 13 heavy (non-hydrogen) atoms. The summed E-state index contributed by atoms with van der Waals surface area (Å²) in [4.78, 5) is 10.7. The van der Waals surface area contributed by atoms with Gasteiger partial charge >= 0.3 is 5.97 Å². The van der Waals surface area contributed by atoms with Gasteiger partial charge in [-0.1, -0.05) is 46.9 Å². The van der Waals surface area contributed by atoms with Gasteiger partial charge in [0, 0.05) is 4.43 Å². The van der Waals surface area contributed by atoms with E-state index >= 15 is 0 Å². The van der Waals surface area contributed by atoms with Crippen molar-refractivity contribution in [3.05, 3.63) is 35.4 Å². The third-order valence-corrected chi connectivity index (χ3v) is 2.89. The Hall–Kier alpha value is -0.580. The Morgan fingerprint density at radius 1 is 1.46 bits per heavy atom. The van der Waals surface area contributed by atoms with Crippen molar-refractivity contribution in [2.45, 2.75) is 17.3 Å². The van der Waals surface area contributed by atoms with Crippen molar-refractivity contribution in [2.75, 3.05) is 0 Å². The molecule has 1 aromatic rings. The van der Waals surface area contributed by atoms with Crippen molar-refractivity contribution in [1.82, 2.24) is 0 Å². The average molecular weight is 290 g/mol. The number of hydrogen-bond acceptors (Lipinski definition) is 1. The van der Waals surface area contributed by atoms with E-state index in [1.54, 1.807) is 6.92 Å². The first-order valence-electron chi connectivity index (χ1n) is 4.02. The summed E-state index contributed by atoms with van der Waals surface area (Å²) in [5.74, 6) is -1.19. The normalized spacial score (nSPS) is 12.5. The molecule has 0 aromatic heterocycles. The Labute approximate surface area is 91.1 Å². The number of halogens is 1. The van der Waals surface area contributed by atoms with Crippen molar-refractivity contribution in [1.29, 1.82) is 0 Å². The fourth-order valence-electron chi connectivity index (χ4n) is 1.04. The third-order valence-electron chi connectivity index (χ3n) is 2.00. The van der Waals surface area contributed by atoms with Crippen molar-refractivity contribution in [2.24, 2.45) is 0 Å². The van der Waals surface area contributed by atoms with Crippen LogP contribution in [0.2, 0.25) is 0 Å². The summed E-state index contributed by atoms with van der Waals surface area (Å²) in [6.07, 6.45) is 0. The van der Waals surface area contributed by atoms with Gasteiger partial charge in [-0.15, -0.1) is 0 Å². The van der Waals surface area contributed by atoms with E-state index in [9.17, 15) is 4.79 Å². The number of carboxylic acid groups (broad SMARTS) is 1. The monoisotopic (exact) mass is 290 g/mol. The van der Waals surface area contributed by atoms with Gasteiger partial charge in [-0.2, -0.15) is 0 Å². The van der Waals surface area contributed by atoms with Gasteiger partial charge in [-0.3, -0.25) is 4.79 Å². The average Bonchev–Trinajstić information content (AvgIpc) is 2.17. The van der Waals surface area contributed by atoms with Crippen molar-refractivity contribution >= 4 is 28.6 Å². The molecule has 0 bridgehead atoms. The van der Waals surface area contributed by atoms with E-state index in [0.29, 0.717) is 0 Å². The van der Waals surface area contributed by atoms with Gasteiger partial charge in [0.2, 0.25) is 0 Å². The van der Waals surface area contributed by atoms with Crippen LogP contribution >= 0.6 is 22.6 Å². The fourth-order valence-corrected chi connectivity index (χ4v) is 1.55. The number of carbonyl (C=O) groups is 1. The summed E-state index contributed by atoms with van der Waals surface area (Å²) < 4.78 is 0.958. The molecule has 0 radical (unpaired) electrons. The molecule has 0 amide bonds. The summed E-state index contributed by atoms with van der Waals surface area (Å²) in [5, 5.41) is 8.76. The largest absolute Gasteiger partial charge is 0.481 e. The third kappa shape index (κ3) is 2.69. The van der Waals surface area contributed by atoms with Crippen LogP contribution in [-0.4, -0.2) is 11.1 Å². The smallest absolute Gasteiger partial charge is 0.310 e. The maximum atomic E-state index is 10.7. The molecule has 3 heteroatoms. The minimum atomic E-state index is -0.776. The zero-order valence-corrected chi connectivity index (χ0v) is 9.48. The molecule has 0 aliphatic rings. The van der Waals surface area contributed by atoms with Crippen LogP contribution in [0.4, 0.5) is 0 Å². The molecule has 0 aliphatic carbocycles. The highest BCUT2D eigenvalue weighted by Gasteiger charge is 2.12. The van der Waals surface area contributed by atoms with Gasteiger partial charge in [-0.05, 0) is 18.1 Å². The first kappa shape index (κ1) is 10.5. The molecule has 1 aromatic carbocycles. The Morgan fingerprint density at radius 2 is 2.00 bits per heavy atom. The first-order valence-corrected chi connectivity index (χ1v) is 5.55. The highest BCUT2D eigenvalue weighted by Crippen LogP contribution is 2.16. The molecule has 0 heterocycles.